The smallest absolute Gasteiger partial charge is 0.260 e. The Kier molecular flexibility index (Phi) is 7.30. The van der Waals surface area contributed by atoms with Crippen LogP contribution in [0.4, 0.5) is 5.82 Å². The van der Waals surface area contributed by atoms with Crippen molar-refractivity contribution in [3.8, 4) is 11.4 Å². The Hall–Kier alpha value is -3.61. The van der Waals surface area contributed by atoms with E-state index in [4.69, 9.17) is 9.84 Å². The summed E-state index contributed by atoms with van der Waals surface area (Å²) in [5.74, 6) is 0.633. The van der Waals surface area contributed by atoms with Gasteiger partial charge in [-0.25, -0.2) is 4.68 Å². The topological polar surface area (TPSA) is 76.5 Å². The molecule has 0 aliphatic rings. The molecular weight excluding hydrogens is 404 g/mol. The molecule has 0 aliphatic heterocycles. The lowest BCUT2D eigenvalue weighted by molar-refractivity contribution is -0.136. The van der Waals surface area contributed by atoms with Gasteiger partial charge in [-0.1, -0.05) is 57.2 Å². The van der Waals surface area contributed by atoms with Gasteiger partial charge in [-0.2, -0.15) is 5.10 Å². The second-order valence-corrected chi connectivity index (χ2v) is 8.47. The first-order valence-corrected chi connectivity index (χ1v) is 10.7. The summed E-state index contributed by atoms with van der Waals surface area (Å²) in [4.78, 5) is 26.8. The van der Waals surface area contributed by atoms with Crippen molar-refractivity contribution in [1.29, 1.82) is 0 Å². The molecule has 0 atom stereocenters. The number of nitrogens with zero attached hydrogens (tertiary/aromatic N) is 3. The minimum atomic E-state index is -0.294. The van der Waals surface area contributed by atoms with E-state index in [0.29, 0.717) is 18.1 Å². The molecule has 1 N–H and O–H groups in total. The number of ether oxygens (including phenoxy) is 1. The highest BCUT2D eigenvalue weighted by Crippen LogP contribution is 2.26. The third-order valence-electron chi connectivity index (χ3n) is 4.92. The van der Waals surface area contributed by atoms with Crippen LogP contribution in [0, 0.1) is 0 Å². The fourth-order valence-corrected chi connectivity index (χ4v) is 3.09. The minimum Gasteiger partial charge on any atom is -0.484 e. The minimum absolute atomic E-state index is 0.0711. The number of carbonyl (C=O) groups excluding carboxylic acids is 2. The molecule has 0 saturated heterocycles. The summed E-state index contributed by atoms with van der Waals surface area (Å²) in [7, 11) is 0. The van der Waals surface area contributed by atoms with Crippen LogP contribution >= 0.6 is 0 Å². The molecule has 1 aromatic heterocycles. The summed E-state index contributed by atoms with van der Waals surface area (Å²) < 4.78 is 7.25. The number of hydrogen-bond acceptors (Lipinski definition) is 4. The molecule has 1 heterocycles. The molecule has 168 valence electrons. The fourth-order valence-electron chi connectivity index (χ4n) is 3.09. The molecular formula is C25H30N4O3. The van der Waals surface area contributed by atoms with Crippen LogP contribution in [-0.4, -0.2) is 46.2 Å². The monoisotopic (exact) mass is 434 g/mol. The maximum absolute atomic E-state index is 12.8. The van der Waals surface area contributed by atoms with Gasteiger partial charge in [0.15, 0.2) is 6.61 Å². The van der Waals surface area contributed by atoms with Crippen molar-refractivity contribution in [2.45, 2.75) is 33.1 Å². The number of carbonyl (C=O) groups is 2. The summed E-state index contributed by atoms with van der Waals surface area (Å²) >= 11 is 0. The first kappa shape index (κ1) is 23.1. The Morgan fingerprint density at radius 3 is 2.25 bits per heavy atom. The van der Waals surface area contributed by atoms with Crippen molar-refractivity contribution in [3.63, 3.8) is 0 Å². The van der Waals surface area contributed by atoms with Gasteiger partial charge >= 0.3 is 0 Å². The number of amides is 2. The van der Waals surface area contributed by atoms with Gasteiger partial charge < -0.3 is 15.0 Å². The normalized spacial score (nSPS) is 11.1. The Morgan fingerprint density at radius 1 is 1.03 bits per heavy atom. The lowest BCUT2D eigenvalue weighted by atomic mass is 9.92. The third kappa shape index (κ3) is 5.97. The quantitative estimate of drug-likeness (QED) is 0.581. The van der Waals surface area contributed by atoms with E-state index in [-0.39, 0.29) is 30.4 Å². The number of rotatable bonds is 8. The van der Waals surface area contributed by atoms with Crippen molar-refractivity contribution < 1.29 is 14.3 Å². The molecule has 2 aromatic carbocycles. The molecule has 0 spiro atoms. The summed E-state index contributed by atoms with van der Waals surface area (Å²) in [6, 6.07) is 20.6. The standard InChI is InChI=1S/C25H30N4O3/c1-5-28(24(31)18-32-20-14-10-7-11-15-20)17-23(30)26-22-16-21(25(2,3)4)27-29(22)19-12-8-6-9-13-19/h6-16H,5,17-18H2,1-4H3,(H,26,30). The van der Waals surface area contributed by atoms with Crippen molar-refractivity contribution >= 4 is 17.6 Å². The molecule has 0 saturated carbocycles. The van der Waals surface area contributed by atoms with Crippen LogP contribution in [0.5, 0.6) is 5.75 Å². The van der Waals surface area contributed by atoms with E-state index >= 15 is 0 Å². The Morgan fingerprint density at radius 2 is 1.66 bits per heavy atom. The van der Waals surface area contributed by atoms with Gasteiger partial charge in [0.1, 0.15) is 11.6 Å². The van der Waals surface area contributed by atoms with Crippen molar-refractivity contribution in [1.82, 2.24) is 14.7 Å². The highest BCUT2D eigenvalue weighted by atomic mass is 16.5. The maximum atomic E-state index is 12.8. The van der Waals surface area contributed by atoms with E-state index in [1.54, 1.807) is 16.8 Å². The van der Waals surface area contributed by atoms with E-state index < -0.39 is 0 Å². The summed E-state index contributed by atoms with van der Waals surface area (Å²) in [6.07, 6.45) is 0. The number of para-hydroxylation sites is 2. The average molecular weight is 435 g/mol. The zero-order valence-electron chi connectivity index (χ0n) is 19.0. The van der Waals surface area contributed by atoms with Crippen LogP contribution in [0.25, 0.3) is 5.69 Å². The van der Waals surface area contributed by atoms with Gasteiger partial charge in [0.05, 0.1) is 17.9 Å². The predicted molar refractivity (Wildman–Crippen MR) is 125 cm³/mol. The van der Waals surface area contributed by atoms with E-state index in [0.717, 1.165) is 11.4 Å². The van der Waals surface area contributed by atoms with Gasteiger partial charge in [0, 0.05) is 18.0 Å². The van der Waals surface area contributed by atoms with Crippen LogP contribution in [0.1, 0.15) is 33.4 Å². The van der Waals surface area contributed by atoms with E-state index in [1.165, 1.54) is 4.90 Å². The molecule has 2 amide bonds. The molecule has 32 heavy (non-hydrogen) atoms. The fraction of sp³-hybridized carbons (Fsp3) is 0.320. The van der Waals surface area contributed by atoms with Crippen LogP contribution in [0.2, 0.25) is 0 Å². The summed E-state index contributed by atoms with van der Waals surface area (Å²) in [5, 5.41) is 7.63. The second-order valence-electron chi connectivity index (χ2n) is 8.47. The lowest BCUT2D eigenvalue weighted by Gasteiger charge is -2.20. The lowest BCUT2D eigenvalue weighted by Crippen LogP contribution is -2.40. The van der Waals surface area contributed by atoms with E-state index in [9.17, 15) is 9.59 Å². The van der Waals surface area contributed by atoms with Gasteiger partial charge in [-0.3, -0.25) is 9.59 Å². The highest BCUT2D eigenvalue weighted by Gasteiger charge is 2.22. The van der Waals surface area contributed by atoms with Gasteiger partial charge in [-0.05, 0) is 31.2 Å². The van der Waals surface area contributed by atoms with Gasteiger partial charge in [0.2, 0.25) is 5.91 Å². The third-order valence-corrected chi connectivity index (χ3v) is 4.92. The predicted octanol–water partition coefficient (Wildman–Crippen LogP) is 4.04. The molecule has 0 fully saturated rings. The molecule has 0 unspecified atom stereocenters. The van der Waals surface area contributed by atoms with Crippen molar-refractivity contribution in [2.75, 3.05) is 25.0 Å². The Labute approximate surface area is 189 Å². The first-order chi connectivity index (χ1) is 15.3. The van der Waals surface area contributed by atoms with Crippen LogP contribution in [0.15, 0.2) is 66.7 Å². The number of nitrogens with one attached hydrogen (secondary N) is 1. The Balaban J connectivity index is 1.70. The number of benzene rings is 2. The number of aromatic nitrogens is 2. The second kappa shape index (κ2) is 10.1. The van der Waals surface area contributed by atoms with Crippen molar-refractivity contribution in [3.05, 3.63) is 72.4 Å². The van der Waals surface area contributed by atoms with Gasteiger partial charge in [-0.15, -0.1) is 0 Å². The van der Waals surface area contributed by atoms with E-state index in [1.807, 2.05) is 61.5 Å². The maximum Gasteiger partial charge on any atom is 0.260 e. The molecule has 3 rings (SSSR count). The SMILES string of the molecule is CCN(CC(=O)Nc1cc(C(C)(C)C)nn1-c1ccccc1)C(=O)COc1ccccc1. The molecule has 7 nitrogen and oxygen atoms in total. The first-order valence-electron chi connectivity index (χ1n) is 10.7. The highest BCUT2D eigenvalue weighted by molar-refractivity contribution is 5.94. The molecule has 3 aromatic rings. The van der Waals surface area contributed by atoms with E-state index in [2.05, 4.69) is 26.1 Å². The van der Waals surface area contributed by atoms with Crippen LogP contribution < -0.4 is 10.1 Å². The molecule has 0 radical (unpaired) electrons. The largest absolute Gasteiger partial charge is 0.484 e. The molecule has 0 bridgehead atoms. The number of likely N-dealkylation sites (N-methyl/N-ethyl adjacent to an activating group) is 1. The molecule has 0 aliphatic carbocycles. The van der Waals surface area contributed by atoms with Crippen LogP contribution in [-0.2, 0) is 15.0 Å². The molecule has 7 heteroatoms. The zero-order valence-corrected chi connectivity index (χ0v) is 19.0. The zero-order chi connectivity index (χ0) is 23.1. The van der Waals surface area contributed by atoms with Crippen molar-refractivity contribution in [2.24, 2.45) is 0 Å². The van der Waals surface area contributed by atoms with Gasteiger partial charge in [0.25, 0.3) is 5.91 Å². The Bertz CT molecular complexity index is 1040. The number of anilines is 1. The number of hydrogen-bond donors (Lipinski definition) is 1. The summed E-state index contributed by atoms with van der Waals surface area (Å²) in [6.45, 7) is 8.25. The average Bonchev–Trinajstić information content (AvgIpc) is 3.21. The summed E-state index contributed by atoms with van der Waals surface area (Å²) in [5.41, 5.74) is 1.52. The van der Waals surface area contributed by atoms with Crippen LogP contribution in [0.3, 0.4) is 0 Å².